The van der Waals surface area contributed by atoms with Crippen LogP contribution in [0.1, 0.15) is 22.5 Å². The normalized spacial score (nSPS) is 10.8. The van der Waals surface area contributed by atoms with Gasteiger partial charge in [-0.05, 0) is 43.7 Å². The maximum Gasteiger partial charge on any atom is 0.254 e. The summed E-state index contributed by atoms with van der Waals surface area (Å²) < 4.78 is 16.5. The molecule has 0 saturated carbocycles. The van der Waals surface area contributed by atoms with E-state index in [1.54, 1.807) is 23.0 Å². The van der Waals surface area contributed by atoms with E-state index in [1.807, 2.05) is 23.9 Å². The summed E-state index contributed by atoms with van der Waals surface area (Å²) >= 11 is 0. The molecule has 6 nitrogen and oxygen atoms in total. The van der Waals surface area contributed by atoms with Crippen LogP contribution < -0.4 is 5.32 Å². The van der Waals surface area contributed by atoms with Gasteiger partial charge in [0.15, 0.2) is 0 Å². The van der Waals surface area contributed by atoms with E-state index in [-0.39, 0.29) is 11.7 Å². The van der Waals surface area contributed by atoms with Crippen LogP contribution >= 0.6 is 0 Å². The number of aromatic nitrogens is 4. The Bertz CT molecular complexity index is 808. The van der Waals surface area contributed by atoms with Gasteiger partial charge in [-0.25, -0.2) is 9.07 Å². The average molecular weight is 327 g/mol. The summed E-state index contributed by atoms with van der Waals surface area (Å²) in [6.07, 6.45) is 5.94. The number of aryl methyl sites for hydroxylation is 1. The minimum atomic E-state index is -0.307. The van der Waals surface area contributed by atoms with Crippen molar-refractivity contribution in [2.75, 3.05) is 6.54 Å². The van der Waals surface area contributed by atoms with E-state index in [9.17, 15) is 9.18 Å². The molecule has 1 aromatic carbocycles. The first-order chi connectivity index (χ1) is 11.6. The molecule has 0 atom stereocenters. The molecule has 3 rings (SSSR count). The van der Waals surface area contributed by atoms with E-state index >= 15 is 0 Å². The summed E-state index contributed by atoms with van der Waals surface area (Å²) in [6, 6.07) is 7.85. The van der Waals surface area contributed by atoms with Crippen LogP contribution in [0.15, 0.2) is 48.9 Å². The summed E-state index contributed by atoms with van der Waals surface area (Å²) in [4.78, 5) is 12.3. The smallest absolute Gasteiger partial charge is 0.254 e. The third-order valence-corrected chi connectivity index (χ3v) is 3.73. The van der Waals surface area contributed by atoms with Crippen LogP contribution in [0.2, 0.25) is 0 Å². The standard InChI is InChI=1S/C17H18FN5O/c1-13-16(12-21-23(13)15-6-4-14(18)5-7-15)17(24)19-8-2-10-22-11-3-9-20-22/h3-7,9,11-12H,2,8,10H2,1H3,(H,19,24). The Morgan fingerprint density at radius 3 is 2.75 bits per heavy atom. The van der Waals surface area contributed by atoms with E-state index in [0.29, 0.717) is 23.5 Å². The number of carbonyl (C=O) groups is 1. The first kappa shape index (κ1) is 15.9. The summed E-state index contributed by atoms with van der Waals surface area (Å²) in [5.41, 5.74) is 1.94. The van der Waals surface area contributed by atoms with E-state index in [2.05, 4.69) is 15.5 Å². The highest BCUT2D eigenvalue weighted by Crippen LogP contribution is 2.14. The van der Waals surface area contributed by atoms with Crippen LogP contribution in [0.3, 0.4) is 0 Å². The van der Waals surface area contributed by atoms with Gasteiger partial charge in [-0.1, -0.05) is 0 Å². The zero-order chi connectivity index (χ0) is 16.9. The molecular formula is C17H18FN5O. The molecule has 0 radical (unpaired) electrons. The largest absolute Gasteiger partial charge is 0.352 e. The van der Waals surface area contributed by atoms with Gasteiger partial charge in [-0.15, -0.1) is 0 Å². The van der Waals surface area contributed by atoms with Crippen molar-refractivity contribution in [1.29, 1.82) is 0 Å². The van der Waals surface area contributed by atoms with Crippen molar-refractivity contribution < 1.29 is 9.18 Å². The van der Waals surface area contributed by atoms with E-state index < -0.39 is 0 Å². The van der Waals surface area contributed by atoms with Crippen molar-refractivity contribution in [2.24, 2.45) is 0 Å². The molecule has 0 unspecified atom stereocenters. The lowest BCUT2D eigenvalue weighted by atomic mass is 10.2. The van der Waals surface area contributed by atoms with Gasteiger partial charge in [0.05, 0.1) is 23.1 Å². The minimum absolute atomic E-state index is 0.165. The predicted octanol–water partition coefficient (Wildman–Crippen LogP) is 2.34. The lowest BCUT2D eigenvalue weighted by Gasteiger charge is -2.07. The van der Waals surface area contributed by atoms with Crippen molar-refractivity contribution in [2.45, 2.75) is 19.9 Å². The topological polar surface area (TPSA) is 64.7 Å². The third-order valence-electron chi connectivity index (χ3n) is 3.73. The fourth-order valence-electron chi connectivity index (χ4n) is 2.45. The second kappa shape index (κ2) is 7.08. The number of benzene rings is 1. The molecule has 0 aliphatic heterocycles. The predicted molar refractivity (Wildman–Crippen MR) is 87.4 cm³/mol. The average Bonchev–Trinajstić information content (AvgIpc) is 3.22. The molecule has 24 heavy (non-hydrogen) atoms. The number of hydrogen-bond acceptors (Lipinski definition) is 3. The first-order valence-electron chi connectivity index (χ1n) is 7.71. The maximum absolute atomic E-state index is 13.0. The van der Waals surface area contributed by atoms with Crippen molar-refractivity contribution in [3.8, 4) is 5.69 Å². The number of amides is 1. The lowest BCUT2D eigenvalue weighted by Crippen LogP contribution is -2.25. The van der Waals surface area contributed by atoms with Crippen LogP contribution in [0.4, 0.5) is 4.39 Å². The van der Waals surface area contributed by atoms with Crippen LogP contribution in [-0.4, -0.2) is 32.0 Å². The molecule has 2 heterocycles. The highest BCUT2D eigenvalue weighted by atomic mass is 19.1. The Morgan fingerprint density at radius 2 is 2.04 bits per heavy atom. The highest BCUT2D eigenvalue weighted by Gasteiger charge is 2.14. The van der Waals surface area contributed by atoms with E-state index in [1.165, 1.54) is 18.3 Å². The summed E-state index contributed by atoms with van der Waals surface area (Å²) in [7, 11) is 0. The van der Waals surface area contributed by atoms with Crippen LogP contribution in [-0.2, 0) is 6.54 Å². The van der Waals surface area contributed by atoms with Crippen LogP contribution in [0, 0.1) is 12.7 Å². The molecule has 7 heteroatoms. The molecule has 2 aromatic heterocycles. The van der Waals surface area contributed by atoms with E-state index in [0.717, 1.165) is 13.0 Å². The zero-order valence-electron chi connectivity index (χ0n) is 13.3. The first-order valence-corrected chi connectivity index (χ1v) is 7.71. The van der Waals surface area contributed by atoms with Gasteiger partial charge in [0, 0.05) is 25.5 Å². The number of rotatable bonds is 6. The van der Waals surface area contributed by atoms with Gasteiger partial charge < -0.3 is 5.32 Å². The zero-order valence-corrected chi connectivity index (χ0v) is 13.3. The minimum Gasteiger partial charge on any atom is -0.352 e. The molecule has 0 aliphatic rings. The van der Waals surface area contributed by atoms with Crippen LogP contribution in [0.5, 0.6) is 0 Å². The van der Waals surface area contributed by atoms with Gasteiger partial charge in [0.1, 0.15) is 5.82 Å². The van der Waals surface area contributed by atoms with Gasteiger partial charge in [0.2, 0.25) is 0 Å². The fraction of sp³-hybridized carbons (Fsp3) is 0.235. The molecule has 3 aromatic rings. The van der Waals surface area contributed by atoms with Crippen LogP contribution in [0.25, 0.3) is 5.69 Å². The molecule has 124 valence electrons. The third kappa shape index (κ3) is 3.51. The number of hydrogen-bond donors (Lipinski definition) is 1. The number of carbonyl (C=O) groups excluding carboxylic acids is 1. The van der Waals surface area contributed by atoms with E-state index in [4.69, 9.17) is 0 Å². The molecule has 0 saturated heterocycles. The lowest BCUT2D eigenvalue weighted by molar-refractivity contribution is 0.0952. The Morgan fingerprint density at radius 1 is 1.25 bits per heavy atom. The highest BCUT2D eigenvalue weighted by molar-refractivity contribution is 5.95. The monoisotopic (exact) mass is 327 g/mol. The van der Waals surface area contributed by atoms with Gasteiger partial charge >= 0.3 is 0 Å². The second-order valence-electron chi connectivity index (χ2n) is 5.41. The molecule has 0 aliphatic carbocycles. The summed E-state index contributed by atoms with van der Waals surface area (Å²) in [5.74, 6) is -0.472. The van der Waals surface area contributed by atoms with Crippen molar-refractivity contribution in [3.63, 3.8) is 0 Å². The second-order valence-corrected chi connectivity index (χ2v) is 5.41. The Balaban J connectivity index is 1.60. The Labute approximate surface area is 138 Å². The van der Waals surface area contributed by atoms with Crippen molar-refractivity contribution >= 4 is 5.91 Å². The summed E-state index contributed by atoms with van der Waals surface area (Å²) in [6.45, 7) is 3.12. The quantitative estimate of drug-likeness (QED) is 0.707. The Hall–Kier alpha value is -2.96. The van der Waals surface area contributed by atoms with Gasteiger partial charge in [0.25, 0.3) is 5.91 Å². The van der Waals surface area contributed by atoms with Gasteiger partial charge in [-0.2, -0.15) is 10.2 Å². The molecular weight excluding hydrogens is 309 g/mol. The fourth-order valence-corrected chi connectivity index (χ4v) is 2.45. The number of halogens is 1. The molecule has 0 fully saturated rings. The summed E-state index contributed by atoms with van der Waals surface area (Å²) in [5, 5.41) is 11.2. The van der Waals surface area contributed by atoms with Gasteiger partial charge in [-0.3, -0.25) is 9.48 Å². The SMILES string of the molecule is Cc1c(C(=O)NCCCn2cccn2)cnn1-c1ccc(F)cc1. The molecule has 1 amide bonds. The molecule has 1 N–H and O–H groups in total. The Kier molecular flexibility index (Phi) is 4.69. The van der Waals surface area contributed by atoms with Crippen molar-refractivity contribution in [1.82, 2.24) is 24.9 Å². The molecule has 0 spiro atoms. The number of nitrogens with zero attached hydrogens (tertiary/aromatic N) is 4. The van der Waals surface area contributed by atoms with Crippen molar-refractivity contribution in [3.05, 3.63) is 66.0 Å². The maximum atomic E-state index is 13.0. The number of nitrogens with one attached hydrogen (secondary N) is 1. The molecule has 0 bridgehead atoms.